The van der Waals surface area contributed by atoms with E-state index in [0.29, 0.717) is 17.8 Å². The first-order valence-corrected chi connectivity index (χ1v) is 8.42. The first-order chi connectivity index (χ1) is 11.6. The summed E-state index contributed by atoms with van der Waals surface area (Å²) in [6, 6.07) is 10.9. The zero-order valence-electron chi connectivity index (χ0n) is 14.4. The number of nitrogens with zero attached hydrogens (tertiary/aromatic N) is 1. The van der Waals surface area contributed by atoms with Gasteiger partial charge < -0.3 is 14.6 Å². The van der Waals surface area contributed by atoms with E-state index in [4.69, 9.17) is 9.47 Å². The van der Waals surface area contributed by atoms with Gasteiger partial charge in [-0.1, -0.05) is 12.1 Å². The molecule has 1 N–H and O–H groups in total. The van der Waals surface area contributed by atoms with E-state index in [0.717, 1.165) is 25.1 Å². The molecule has 2 aromatic carbocycles. The maximum atomic E-state index is 10.2. The van der Waals surface area contributed by atoms with Crippen molar-refractivity contribution in [3.05, 3.63) is 52.6 Å². The second-order valence-electron chi connectivity index (χ2n) is 6.77. The number of hydrogen-bond donors (Lipinski definition) is 1. The fraction of sp³-hybridized carbons (Fsp3) is 0.400. The highest BCUT2D eigenvalue weighted by Crippen LogP contribution is 2.45. The van der Waals surface area contributed by atoms with Crippen molar-refractivity contribution in [2.45, 2.75) is 38.4 Å². The summed E-state index contributed by atoms with van der Waals surface area (Å²) >= 11 is 0. The molecule has 0 aromatic heterocycles. The molecule has 0 unspecified atom stereocenters. The maximum Gasteiger partial charge on any atom is 0.160 e. The zero-order chi connectivity index (χ0) is 16.8. The van der Waals surface area contributed by atoms with E-state index in [1.54, 1.807) is 14.2 Å². The molecule has 2 aliphatic heterocycles. The summed E-state index contributed by atoms with van der Waals surface area (Å²) < 4.78 is 10.9. The normalized spacial score (nSPS) is 22.3. The third-order valence-electron chi connectivity index (χ3n) is 5.49. The number of hydrogen-bond acceptors (Lipinski definition) is 4. The number of ether oxygens (including phenoxy) is 2. The van der Waals surface area contributed by atoms with Crippen LogP contribution in [0.25, 0.3) is 0 Å². The Morgan fingerprint density at radius 1 is 1.04 bits per heavy atom. The summed E-state index contributed by atoms with van der Waals surface area (Å²) in [7, 11) is 3.34. The summed E-state index contributed by atoms with van der Waals surface area (Å²) in [5.74, 6) is 1.76. The predicted octanol–water partition coefficient (Wildman–Crippen LogP) is 3.45. The number of aromatic hydroxyl groups is 1. The number of phenolic OH excluding ortho intramolecular Hbond substituents is 1. The van der Waals surface area contributed by atoms with Crippen LogP contribution < -0.4 is 9.47 Å². The van der Waals surface area contributed by atoms with E-state index in [1.807, 2.05) is 18.2 Å². The third-order valence-corrected chi connectivity index (χ3v) is 5.49. The van der Waals surface area contributed by atoms with Crippen molar-refractivity contribution in [2.75, 3.05) is 14.2 Å². The molecule has 4 nitrogen and oxygen atoms in total. The standard InChI is InChI=1S/C20H23NO3/c1-12-7-14-9-20(24-3)18(22)10-15(14)17-8-13-5-4-6-19(23-2)16(13)11-21(12)17/h4-6,9-10,12,17,22H,7-8,11H2,1-3H3/t12-,17-/m0/s1. The molecule has 0 fully saturated rings. The molecule has 4 heteroatoms. The largest absolute Gasteiger partial charge is 0.504 e. The lowest BCUT2D eigenvalue weighted by atomic mass is 9.81. The average molecular weight is 325 g/mol. The molecule has 0 aliphatic carbocycles. The van der Waals surface area contributed by atoms with Gasteiger partial charge in [-0.3, -0.25) is 4.90 Å². The number of rotatable bonds is 2. The number of methoxy groups -OCH3 is 2. The molecule has 0 spiro atoms. The van der Waals surface area contributed by atoms with Crippen LogP contribution in [0.3, 0.4) is 0 Å². The van der Waals surface area contributed by atoms with Crippen molar-refractivity contribution in [3.8, 4) is 17.2 Å². The summed E-state index contributed by atoms with van der Waals surface area (Å²) in [5, 5.41) is 10.2. The van der Waals surface area contributed by atoms with Crippen LogP contribution in [0.15, 0.2) is 30.3 Å². The van der Waals surface area contributed by atoms with Gasteiger partial charge in [0.2, 0.25) is 0 Å². The Morgan fingerprint density at radius 3 is 2.58 bits per heavy atom. The molecule has 0 saturated heterocycles. The molecule has 0 amide bonds. The van der Waals surface area contributed by atoms with Gasteiger partial charge in [-0.15, -0.1) is 0 Å². The molecule has 4 rings (SSSR count). The highest BCUT2D eigenvalue weighted by molar-refractivity contribution is 5.51. The third kappa shape index (κ3) is 2.25. The Labute approximate surface area is 142 Å². The first kappa shape index (κ1) is 15.3. The van der Waals surface area contributed by atoms with Gasteiger partial charge in [-0.05, 0) is 54.7 Å². The lowest BCUT2D eigenvalue weighted by Gasteiger charge is -2.45. The highest BCUT2D eigenvalue weighted by atomic mass is 16.5. The second-order valence-corrected chi connectivity index (χ2v) is 6.77. The van der Waals surface area contributed by atoms with Crippen LogP contribution in [0.1, 0.15) is 35.2 Å². The van der Waals surface area contributed by atoms with Gasteiger partial charge in [0.25, 0.3) is 0 Å². The maximum absolute atomic E-state index is 10.2. The summed E-state index contributed by atoms with van der Waals surface area (Å²) in [4.78, 5) is 2.53. The van der Waals surface area contributed by atoms with E-state index < -0.39 is 0 Å². The number of fused-ring (bicyclic) bond motifs is 4. The molecule has 0 saturated carbocycles. The molecule has 2 aliphatic rings. The van der Waals surface area contributed by atoms with Crippen molar-refractivity contribution in [1.29, 1.82) is 0 Å². The lowest BCUT2D eigenvalue weighted by Crippen LogP contribution is -2.45. The quantitative estimate of drug-likeness (QED) is 0.918. The van der Waals surface area contributed by atoms with Crippen LogP contribution in [0.2, 0.25) is 0 Å². The van der Waals surface area contributed by atoms with Crippen molar-refractivity contribution >= 4 is 0 Å². The SMILES string of the molecule is COc1cc2c(cc1O)[C@@H]1Cc3cccc(OC)c3CN1[C@@H](C)C2. The topological polar surface area (TPSA) is 41.9 Å². The molecule has 126 valence electrons. The zero-order valence-corrected chi connectivity index (χ0v) is 14.4. The molecule has 2 aromatic rings. The van der Waals surface area contributed by atoms with Gasteiger partial charge in [0, 0.05) is 24.2 Å². The minimum Gasteiger partial charge on any atom is -0.504 e. The lowest BCUT2D eigenvalue weighted by molar-refractivity contribution is 0.104. The molecular formula is C20H23NO3. The van der Waals surface area contributed by atoms with Gasteiger partial charge in [0.15, 0.2) is 11.5 Å². The minimum absolute atomic E-state index is 0.224. The fourth-order valence-electron chi connectivity index (χ4n) is 4.26. The van der Waals surface area contributed by atoms with Crippen molar-refractivity contribution in [3.63, 3.8) is 0 Å². The van der Waals surface area contributed by atoms with E-state index in [9.17, 15) is 5.11 Å². The summed E-state index contributed by atoms with van der Waals surface area (Å²) in [6.45, 7) is 3.16. The van der Waals surface area contributed by atoms with Crippen molar-refractivity contribution in [1.82, 2.24) is 4.90 Å². The van der Waals surface area contributed by atoms with Crippen LogP contribution in [0, 0.1) is 0 Å². The number of benzene rings is 2. The molecule has 0 bridgehead atoms. The second kappa shape index (κ2) is 5.71. The Bertz CT molecular complexity index is 787. The van der Waals surface area contributed by atoms with Crippen molar-refractivity contribution in [2.24, 2.45) is 0 Å². The average Bonchev–Trinajstić information content (AvgIpc) is 2.60. The van der Waals surface area contributed by atoms with Crippen molar-refractivity contribution < 1.29 is 14.6 Å². The molecule has 0 radical (unpaired) electrons. The van der Waals surface area contributed by atoms with E-state index in [-0.39, 0.29) is 5.75 Å². The summed E-state index contributed by atoms with van der Waals surface area (Å²) in [5.41, 5.74) is 5.14. The molecule has 24 heavy (non-hydrogen) atoms. The monoisotopic (exact) mass is 325 g/mol. The number of phenols is 1. The van der Waals surface area contributed by atoms with Crippen LogP contribution >= 0.6 is 0 Å². The van der Waals surface area contributed by atoms with Gasteiger partial charge >= 0.3 is 0 Å². The Balaban J connectivity index is 1.80. The van der Waals surface area contributed by atoms with Crippen LogP contribution in [-0.4, -0.2) is 30.3 Å². The van der Waals surface area contributed by atoms with Crippen LogP contribution in [-0.2, 0) is 19.4 Å². The van der Waals surface area contributed by atoms with E-state index >= 15 is 0 Å². The van der Waals surface area contributed by atoms with Gasteiger partial charge in [0.1, 0.15) is 5.75 Å². The minimum atomic E-state index is 0.224. The smallest absolute Gasteiger partial charge is 0.160 e. The Morgan fingerprint density at radius 2 is 1.83 bits per heavy atom. The van der Waals surface area contributed by atoms with Gasteiger partial charge in [0.05, 0.1) is 14.2 Å². The Kier molecular flexibility index (Phi) is 3.65. The van der Waals surface area contributed by atoms with E-state index in [2.05, 4.69) is 24.0 Å². The molecule has 2 heterocycles. The highest BCUT2D eigenvalue weighted by Gasteiger charge is 2.37. The Hall–Kier alpha value is -2.20. The molecular weight excluding hydrogens is 302 g/mol. The van der Waals surface area contributed by atoms with Crippen LogP contribution in [0.4, 0.5) is 0 Å². The van der Waals surface area contributed by atoms with Gasteiger partial charge in [-0.2, -0.15) is 0 Å². The van der Waals surface area contributed by atoms with Crippen LogP contribution in [0.5, 0.6) is 17.2 Å². The molecule has 2 atom stereocenters. The summed E-state index contributed by atoms with van der Waals surface area (Å²) in [6.07, 6.45) is 1.91. The fourth-order valence-corrected chi connectivity index (χ4v) is 4.26. The predicted molar refractivity (Wildman–Crippen MR) is 92.8 cm³/mol. The first-order valence-electron chi connectivity index (χ1n) is 8.42. The van der Waals surface area contributed by atoms with E-state index in [1.165, 1.54) is 22.3 Å². The van der Waals surface area contributed by atoms with Gasteiger partial charge in [-0.25, -0.2) is 0 Å².